The highest BCUT2D eigenvalue weighted by Gasteiger charge is 2.13. The first-order valence-corrected chi connectivity index (χ1v) is 10.8. The third-order valence-electron chi connectivity index (χ3n) is 4.20. The molecule has 0 fully saturated rings. The van der Waals surface area contributed by atoms with E-state index in [0.717, 1.165) is 20.8 Å². The molecule has 0 aliphatic heterocycles. The largest absolute Gasteiger partial charge is 0.325 e. The van der Waals surface area contributed by atoms with Crippen LogP contribution in [0.1, 0.15) is 17.3 Å². The molecular formula is C22H17N3O2S2. The van der Waals surface area contributed by atoms with Gasteiger partial charge >= 0.3 is 0 Å². The summed E-state index contributed by atoms with van der Waals surface area (Å²) in [6.07, 6.45) is 0. The molecule has 0 aliphatic rings. The van der Waals surface area contributed by atoms with Crippen LogP contribution in [0, 0.1) is 0 Å². The van der Waals surface area contributed by atoms with Gasteiger partial charge in [-0.2, -0.15) is 0 Å². The lowest BCUT2D eigenvalue weighted by atomic mass is 10.1. The van der Waals surface area contributed by atoms with Crippen LogP contribution in [0.2, 0.25) is 0 Å². The fraction of sp³-hybridized carbons (Fsp3) is 0.0909. The summed E-state index contributed by atoms with van der Waals surface area (Å²) in [5.41, 5.74) is 2.02. The van der Waals surface area contributed by atoms with Gasteiger partial charge in [-0.25, -0.2) is 9.97 Å². The Morgan fingerprint density at radius 3 is 2.69 bits per heavy atom. The standard InChI is InChI=1S/C22H17N3O2S2/c1-14(26)15-6-4-7-16(12-15)23-20(27)13-29-22-17-8-2-3-9-18(17)24-21(25-22)19-10-5-11-28-19/h2-12H,13H2,1H3,(H,23,27). The first-order chi connectivity index (χ1) is 14.1. The minimum Gasteiger partial charge on any atom is -0.325 e. The van der Waals surface area contributed by atoms with Crippen LogP contribution < -0.4 is 5.32 Å². The van der Waals surface area contributed by atoms with Gasteiger partial charge in [0.25, 0.3) is 0 Å². The van der Waals surface area contributed by atoms with E-state index in [1.165, 1.54) is 18.7 Å². The van der Waals surface area contributed by atoms with Gasteiger partial charge in [-0.15, -0.1) is 11.3 Å². The molecule has 1 N–H and O–H groups in total. The lowest BCUT2D eigenvalue weighted by Gasteiger charge is -2.09. The van der Waals surface area contributed by atoms with E-state index in [0.29, 0.717) is 17.1 Å². The van der Waals surface area contributed by atoms with Crippen molar-refractivity contribution in [2.75, 3.05) is 11.1 Å². The third-order valence-corrected chi connectivity index (χ3v) is 6.06. The molecule has 2 heterocycles. The van der Waals surface area contributed by atoms with Crippen LogP contribution in [-0.4, -0.2) is 27.4 Å². The number of amides is 1. The number of carbonyl (C=O) groups is 2. The number of nitrogens with one attached hydrogen (secondary N) is 1. The maximum Gasteiger partial charge on any atom is 0.234 e. The van der Waals surface area contributed by atoms with Crippen molar-refractivity contribution >= 4 is 51.4 Å². The fourth-order valence-electron chi connectivity index (χ4n) is 2.82. The zero-order valence-electron chi connectivity index (χ0n) is 15.6. The van der Waals surface area contributed by atoms with Crippen LogP contribution >= 0.6 is 23.1 Å². The highest BCUT2D eigenvalue weighted by molar-refractivity contribution is 8.00. The van der Waals surface area contributed by atoms with E-state index >= 15 is 0 Å². The number of nitrogens with zero attached hydrogens (tertiary/aromatic N) is 2. The molecule has 0 radical (unpaired) electrons. The number of hydrogen-bond acceptors (Lipinski definition) is 6. The number of carbonyl (C=O) groups excluding carboxylic acids is 2. The van der Waals surface area contributed by atoms with E-state index in [9.17, 15) is 9.59 Å². The van der Waals surface area contributed by atoms with Crippen molar-refractivity contribution in [3.05, 3.63) is 71.6 Å². The number of fused-ring (bicyclic) bond motifs is 1. The van der Waals surface area contributed by atoms with E-state index in [1.54, 1.807) is 35.6 Å². The van der Waals surface area contributed by atoms with E-state index < -0.39 is 0 Å². The van der Waals surface area contributed by atoms with Crippen molar-refractivity contribution < 1.29 is 9.59 Å². The Balaban J connectivity index is 1.54. The van der Waals surface area contributed by atoms with Crippen molar-refractivity contribution in [1.82, 2.24) is 9.97 Å². The number of rotatable bonds is 6. The maximum atomic E-state index is 12.5. The second-order valence-corrected chi connectivity index (χ2v) is 8.23. The molecule has 0 saturated heterocycles. The van der Waals surface area contributed by atoms with Crippen LogP contribution in [0.25, 0.3) is 21.6 Å². The third kappa shape index (κ3) is 4.52. The smallest absolute Gasteiger partial charge is 0.234 e. The van der Waals surface area contributed by atoms with E-state index in [-0.39, 0.29) is 17.4 Å². The van der Waals surface area contributed by atoms with Crippen molar-refractivity contribution in [2.24, 2.45) is 0 Å². The molecule has 7 heteroatoms. The van der Waals surface area contributed by atoms with E-state index in [1.807, 2.05) is 41.8 Å². The number of hydrogen-bond donors (Lipinski definition) is 1. The highest BCUT2D eigenvalue weighted by Crippen LogP contribution is 2.30. The molecule has 0 saturated carbocycles. The molecule has 4 rings (SSSR count). The van der Waals surface area contributed by atoms with Crippen molar-refractivity contribution in [3.63, 3.8) is 0 Å². The Morgan fingerprint density at radius 1 is 1.03 bits per heavy atom. The minimum atomic E-state index is -0.156. The average molecular weight is 420 g/mol. The Labute approximate surface area is 176 Å². The zero-order valence-corrected chi connectivity index (χ0v) is 17.2. The SMILES string of the molecule is CC(=O)c1cccc(NC(=O)CSc2nc(-c3cccs3)nc3ccccc23)c1. The summed E-state index contributed by atoms with van der Waals surface area (Å²) in [6.45, 7) is 1.50. The van der Waals surface area contributed by atoms with Crippen LogP contribution in [0.5, 0.6) is 0 Å². The molecule has 0 unspecified atom stereocenters. The van der Waals surface area contributed by atoms with Gasteiger partial charge in [0, 0.05) is 16.6 Å². The quantitative estimate of drug-likeness (QED) is 0.261. The lowest BCUT2D eigenvalue weighted by molar-refractivity contribution is -0.113. The van der Waals surface area contributed by atoms with Gasteiger partial charge in [0.05, 0.1) is 16.1 Å². The van der Waals surface area contributed by atoms with Gasteiger partial charge in [-0.05, 0) is 36.6 Å². The highest BCUT2D eigenvalue weighted by atomic mass is 32.2. The van der Waals surface area contributed by atoms with Gasteiger partial charge in [0.15, 0.2) is 11.6 Å². The second kappa shape index (κ2) is 8.55. The normalized spacial score (nSPS) is 10.8. The van der Waals surface area contributed by atoms with E-state index in [2.05, 4.69) is 10.3 Å². The van der Waals surface area contributed by atoms with Gasteiger partial charge in [0.2, 0.25) is 5.91 Å². The molecule has 0 spiro atoms. The van der Waals surface area contributed by atoms with E-state index in [4.69, 9.17) is 4.98 Å². The Kier molecular flexibility index (Phi) is 5.69. The summed E-state index contributed by atoms with van der Waals surface area (Å²) in [5.74, 6) is 0.672. The summed E-state index contributed by atoms with van der Waals surface area (Å²) in [7, 11) is 0. The zero-order chi connectivity index (χ0) is 20.2. The number of Topliss-reactive ketones (excluding diaryl/α,β-unsaturated/α-hetero) is 1. The molecule has 144 valence electrons. The topological polar surface area (TPSA) is 72.0 Å². The van der Waals surface area contributed by atoms with Gasteiger partial charge in [-0.1, -0.05) is 48.2 Å². The predicted octanol–water partition coefficient (Wildman–Crippen LogP) is 5.29. The van der Waals surface area contributed by atoms with Gasteiger partial charge < -0.3 is 5.32 Å². The molecule has 0 aliphatic carbocycles. The number of benzene rings is 2. The Hall–Kier alpha value is -3.03. The van der Waals surface area contributed by atoms with Crippen LogP contribution in [0.3, 0.4) is 0 Å². The number of thioether (sulfide) groups is 1. The first-order valence-electron chi connectivity index (χ1n) is 8.94. The summed E-state index contributed by atoms with van der Waals surface area (Å²) in [4.78, 5) is 34.3. The molecule has 29 heavy (non-hydrogen) atoms. The summed E-state index contributed by atoms with van der Waals surface area (Å²) in [6, 6.07) is 18.7. The Morgan fingerprint density at radius 2 is 1.90 bits per heavy atom. The average Bonchev–Trinajstić information content (AvgIpc) is 3.27. The monoisotopic (exact) mass is 419 g/mol. The van der Waals surface area contributed by atoms with Crippen LogP contribution in [-0.2, 0) is 4.79 Å². The first kappa shape index (κ1) is 19.3. The molecule has 0 bridgehead atoms. The maximum absolute atomic E-state index is 12.5. The lowest BCUT2D eigenvalue weighted by Crippen LogP contribution is -2.14. The molecule has 2 aromatic heterocycles. The summed E-state index contributed by atoms with van der Waals surface area (Å²) < 4.78 is 0. The molecule has 5 nitrogen and oxygen atoms in total. The number of anilines is 1. The second-order valence-electron chi connectivity index (χ2n) is 6.32. The summed E-state index contributed by atoms with van der Waals surface area (Å²) >= 11 is 2.96. The minimum absolute atomic E-state index is 0.0379. The van der Waals surface area contributed by atoms with Crippen LogP contribution in [0.4, 0.5) is 5.69 Å². The molecule has 2 aromatic carbocycles. The fourth-order valence-corrected chi connectivity index (χ4v) is 4.30. The van der Waals surface area contributed by atoms with Crippen molar-refractivity contribution in [1.29, 1.82) is 0 Å². The molecule has 1 amide bonds. The molecule has 0 atom stereocenters. The Bertz CT molecular complexity index is 1190. The number of para-hydroxylation sites is 1. The predicted molar refractivity (Wildman–Crippen MR) is 119 cm³/mol. The molecule has 4 aromatic rings. The summed E-state index contributed by atoms with van der Waals surface area (Å²) in [5, 5.41) is 6.52. The number of thiophene rings is 1. The van der Waals surface area contributed by atoms with Gasteiger partial charge in [0.1, 0.15) is 5.03 Å². The van der Waals surface area contributed by atoms with Crippen molar-refractivity contribution in [2.45, 2.75) is 11.9 Å². The molecular weight excluding hydrogens is 402 g/mol. The number of ketones is 1. The van der Waals surface area contributed by atoms with Gasteiger partial charge in [-0.3, -0.25) is 9.59 Å². The van der Waals surface area contributed by atoms with Crippen LogP contribution in [0.15, 0.2) is 71.1 Å². The van der Waals surface area contributed by atoms with Crippen molar-refractivity contribution in [3.8, 4) is 10.7 Å². The number of aromatic nitrogens is 2.